The van der Waals surface area contributed by atoms with Crippen LogP contribution in [0.25, 0.3) is 0 Å². The zero-order valence-corrected chi connectivity index (χ0v) is 12.0. The summed E-state index contributed by atoms with van der Waals surface area (Å²) in [6.07, 6.45) is 0.587. The van der Waals surface area contributed by atoms with Crippen molar-refractivity contribution >= 4 is 0 Å². The maximum atomic E-state index is 10.2. The van der Waals surface area contributed by atoms with Crippen molar-refractivity contribution in [3.8, 4) is 5.75 Å². The molecule has 4 N–H and O–H groups in total. The molecule has 2 atom stereocenters. The van der Waals surface area contributed by atoms with E-state index in [0.29, 0.717) is 13.0 Å². The molecule has 1 aromatic carbocycles. The minimum Gasteiger partial charge on any atom is -0.493 e. The summed E-state index contributed by atoms with van der Waals surface area (Å²) in [7, 11) is 0. The van der Waals surface area contributed by atoms with Crippen molar-refractivity contribution in [1.29, 1.82) is 0 Å². The van der Waals surface area contributed by atoms with Crippen LogP contribution in [0.2, 0.25) is 0 Å². The second kappa shape index (κ2) is 7.48. The molecule has 0 heterocycles. The van der Waals surface area contributed by atoms with Gasteiger partial charge in [-0.2, -0.15) is 0 Å². The summed E-state index contributed by atoms with van der Waals surface area (Å²) in [5.41, 5.74) is 8.61. The Morgan fingerprint density at radius 2 is 1.95 bits per heavy atom. The van der Waals surface area contributed by atoms with Crippen molar-refractivity contribution in [2.45, 2.75) is 45.8 Å². The average molecular weight is 267 g/mol. The Bertz CT molecular complexity index is 407. The summed E-state index contributed by atoms with van der Waals surface area (Å²) in [5, 5.41) is 19.1. The Labute approximate surface area is 115 Å². The molecule has 0 saturated carbocycles. The number of aliphatic hydroxyl groups is 2. The molecule has 1 rings (SSSR count). The van der Waals surface area contributed by atoms with E-state index < -0.39 is 12.1 Å². The van der Waals surface area contributed by atoms with E-state index in [1.165, 1.54) is 0 Å². The van der Waals surface area contributed by atoms with Crippen LogP contribution in [-0.2, 0) is 0 Å². The Kier molecular flexibility index (Phi) is 6.28. The van der Waals surface area contributed by atoms with Crippen molar-refractivity contribution < 1.29 is 14.9 Å². The van der Waals surface area contributed by atoms with Crippen LogP contribution in [0.5, 0.6) is 5.75 Å². The lowest BCUT2D eigenvalue weighted by Gasteiger charge is -2.21. The Morgan fingerprint density at radius 1 is 1.26 bits per heavy atom. The zero-order chi connectivity index (χ0) is 14.4. The van der Waals surface area contributed by atoms with Gasteiger partial charge in [-0.25, -0.2) is 0 Å². The molecule has 108 valence electrons. The van der Waals surface area contributed by atoms with Crippen LogP contribution < -0.4 is 10.5 Å². The number of benzene rings is 1. The third-order valence-corrected chi connectivity index (χ3v) is 3.21. The highest BCUT2D eigenvalue weighted by molar-refractivity contribution is 5.42. The predicted octanol–water partition coefficient (Wildman–Crippen LogP) is 1.84. The first-order valence-electron chi connectivity index (χ1n) is 6.79. The first kappa shape index (κ1) is 16.0. The molecule has 0 radical (unpaired) electrons. The van der Waals surface area contributed by atoms with E-state index in [1.54, 1.807) is 0 Å². The number of ether oxygens (including phenoxy) is 1. The van der Waals surface area contributed by atoms with E-state index in [0.717, 1.165) is 28.9 Å². The average Bonchev–Trinajstić information content (AvgIpc) is 2.38. The molecule has 4 nitrogen and oxygen atoms in total. The molecular weight excluding hydrogens is 242 g/mol. The van der Waals surface area contributed by atoms with E-state index in [1.807, 2.05) is 26.0 Å². The lowest BCUT2D eigenvalue weighted by molar-refractivity contribution is 0.128. The Hall–Kier alpha value is -1.10. The summed E-state index contributed by atoms with van der Waals surface area (Å²) < 4.78 is 5.66. The van der Waals surface area contributed by atoms with Gasteiger partial charge < -0.3 is 20.7 Å². The fourth-order valence-corrected chi connectivity index (χ4v) is 2.04. The van der Waals surface area contributed by atoms with Gasteiger partial charge in [-0.05, 0) is 55.5 Å². The van der Waals surface area contributed by atoms with Crippen LogP contribution in [-0.4, -0.2) is 29.5 Å². The molecule has 0 amide bonds. The number of aryl methyl sites for hydroxylation is 2. The summed E-state index contributed by atoms with van der Waals surface area (Å²) in [4.78, 5) is 0. The van der Waals surface area contributed by atoms with E-state index in [9.17, 15) is 5.11 Å². The van der Waals surface area contributed by atoms with Gasteiger partial charge in [0, 0.05) is 12.6 Å². The molecule has 4 heteroatoms. The monoisotopic (exact) mass is 267 g/mol. The first-order valence-corrected chi connectivity index (χ1v) is 6.79. The fraction of sp³-hybridized carbons (Fsp3) is 0.600. The molecule has 1 aromatic rings. The summed E-state index contributed by atoms with van der Waals surface area (Å²) in [6, 6.07) is 3.41. The number of aliphatic hydroxyl groups excluding tert-OH is 2. The van der Waals surface area contributed by atoms with Crippen LogP contribution in [0.15, 0.2) is 12.1 Å². The largest absolute Gasteiger partial charge is 0.493 e. The van der Waals surface area contributed by atoms with Gasteiger partial charge >= 0.3 is 0 Å². The second-order valence-electron chi connectivity index (χ2n) is 4.94. The number of rotatable bonds is 7. The maximum Gasteiger partial charge on any atom is 0.122 e. The summed E-state index contributed by atoms with van der Waals surface area (Å²) in [5.74, 6) is 0.853. The van der Waals surface area contributed by atoms with Crippen molar-refractivity contribution in [2.75, 3.05) is 13.2 Å². The van der Waals surface area contributed by atoms with Gasteiger partial charge in [0.2, 0.25) is 0 Å². The molecular formula is C15H25NO3. The van der Waals surface area contributed by atoms with Gasteiger partial charge in [-0.15, -0.1) is 0 Å². The van der Waals surface area contributed by atoms with E-state index in [4.69, 9.17) is 15.6 Å². The van der Waals surface area contributed by atoms with Crippen LogP contribution in [0.3, 0.4) is 0 Å². The van der Waals surface area contributed by atoms with Gasteiger partial charge in [-0.3, -0.25) is 0 Å². The van der Waals surface area contributed by atoms with Gasteiger partial charge in [0.25, 0.3) is 0 Å². The number of hydrogen-bond donors (Lipinski definition) is 3. The van der Waals surface area contributed by atoms with Crippen molar-refractivity contribution in [1.82, 2.24) is 0 Å². The molecule has 0 aliphatic heterocycles. The third-order valence-electron chi connectivity index (χ3n) is 3.21. The molecule has 0 bridgehead atoms. The lowest BCUT2D eigenvalue weighted by atomic mass is 9.94. The van der Waals surface area contributed by atoms with E-state index >= 15 is 0 Å². The highest BCUT2D eigenvalue weighted by atomic mass is 16.5. The highest BCUT2D eigenvalue weighted by Gasteiger charge is 2.19. The minimum absolute atomic E-state index is 0.0199. The summed E-state index contributed by atoms with van der Waals surface area (Å²) in [6.45, 7) is 6.62. The summed E-state index contributed by atoms with van der Waals surface area (Å²) >= 11 is 0. The van der Waals surface area contributed by atoms with Crippen molar-refractivity contribution in [3.63, 3.8) is 0 Å². The van der Waals surface area contributed by atoms with E-state index in [2.05, 4.69) is 6.92 Å². The SMILES string of the molecule is CCCOc1cc(C)c(C(O)C(N)CCO)cc1C. The molecule has 0 aromatic heterocycles. The smallest absolute Gasteiger partial charge is 0.122 e. The number of nitrogens with two attached hydrogens (primary N) is 1. The van der Waals surface area contributed by atoms with Gasteiger partial charge in [-0.1, -0.05) is 6.92 Å². The molecule has 0 spiro atoms. The van der Waals surface area contributed by atoms with Crippen LogP contribution in [0.1, 0.15) is 42.6 Å². The number of hydrogen-bond acceptors (Lipinski definition) is 4. The van der Waals surface area contributed by atoms with Gasteiger partial charge in [0.05, 0.1) is 12.7 Å². The molecule has 0 fully saturated rings. The molecule has 19 heavy (non-hydrogen) atoms. The Morgan fingerprint density at radius 3 is 2.53 bits per heavy atom. The van der Waals surface area contributed by atoms with Crippen LogP contribution in [0.4, 0.5) is 0 Å². The lowest BCUT2D eigenvalue weighted by Crippen LogP contribution is -2.29. The predicted molar refractivity (Wildman–Crippen MR) is 76.3 cm³/mol. The molecule has 0 aliphatic rings. The maximum absolute atomic E-state index is 10.2. The highest BCUT2D eigenvalue weighted by Crippen LogP contribution is 2.28. The standard InChI is InChI=1S/C15H25NO3/c1-4-7-19-14-9-10(2)12(8-11(14)3)15(18)13(16)5-6-17/h8-9,13,15,17-18H,4-7,16H2,1-3H3. The van der Waals surface area contributed by atoms with Gasteiger partial charge in [0.15, 0.2) is 0 Å². The second-order valence-corrected chi connectivity index (χ2v) is 4.94. The zero-order valence-electron chi connectivity index (χ0n) is 12.0. The quantitative estimate of drug-likeness (QED) is 0.704. The van der Waals surface area contributed by atoms with Gasteiger partial charge in [0.1, 0.15) is 5.75 Å². The van der Waals surface area contributed by atoms with Crippen LogP contribution in [0, 0.1) is 13.8 Å². The molecule has 0 aliphatic carbocycles. The van der Waals surface area contributed by atoms with Crippen molar-refractivity contribution in [3.05, 3.63) is 28.8 Å². The molecule has 2 unspecified atom stereocenters. The first-order chi connectivity index (χ1) is 9.01. The minimum atomic E-state index is -0.758. The van der Waals surface area contributed by atoms with E-state index in [-0.39, 0.29) is 6.61 Å². The van der Waals surface area contributed by atoms with Crippen LogP contribution >= 0.6 is 0 Å². The topological polar surface area (TPSA) is 75.7 Å². The van der Waals surface area contributed by atoms with Crippen molar-refractivity contribution in [2.24, 2.45) is 5.73 Å². The third kappa shape index (κ3) is 4.20. The Balaban J connectivity index is 2.94. The fourth-order valence-electron chi connectivity index (χ4n) is 2.04. The molecule has 0 saturated heterocycles. The normalized spacial score (nSPS) is 14.2.